The second-order valence-electron chi connectivity index (χ2n) is 4.58. The van der Waals surface area contributed by atoms with Crippen molar-refractivity contribution in [2.24, 2.45) is 5.73 Å². The van der Waals surface area contributed by atoms with Crippen LogP contribution < -0.4 is 5.73 Å². The fourth-order valence-electron chi connectivity index (χ4n) is 1.86. The van der Waals surface area contributed by atoms with E-state index in [0.29, 0.717) is 0 Å². The summed E-state index contributed by atoms with van der Waals surface area (Å²) in [5, 5.41) is 2.08. The molecule has 0 spiro atoms. The molecule has 2 N–H and O–H groups in total. The number of ether oxygens (including phenoxy) is 1. The van der Waals surface area contributed by atoms with Gasteiger partial charge in [0.05, 0.1) is 0 Å². The highest BCUT2D eigenvalue weighted by Crippen LogP contribution is 2.25. The first-order valence-corrected chi connectivity index (χ1v) is 7.54. The van der Waals surface area contributed by atoms with Crippen LogP contribution in [-0.4, -0.2) is 12.6 Å². The summed E-state index contributed by atoms with van der Waals surface area (Å²) in [6.07, 6.45) is 6.43. The molecule has 0 saturated carbocycles. The van der Waals surface area contributed by atoms with Crippen LogP contribution in [0.1, 0.15) is 56.9 Å². The molecule has 0 aliphatic carbocycles. The summed E-state index contributed by atoms with van der Waals surface area (Å²) in [6, 6.07) is 4.22. The molecule has 17 heavy (non-hydrogen) atoms. The van der Waals surface area contributed by atoms with Gasteiger partial charge in [0.2, 0.25) is 0 Å². The van der Waals surface area contributed by atoms with Gasteiger partial charge in [0, 0.05) is 17.5 Å². The molecule has 0 saturated heterocycles. The van der Waals surface area contributed by atoms with Crippen LogP contribution in [0.15, 0.2) is 17.5 Å². The van der Waals surface area contributed by atoms with Crippen molar-refractivity contribution in [1.82, 2.24) is 0 Å². The van der Waals surface area contributed by atoms with Gasteiger partial charge in [-0.3, -0.25) is 0 Å². The fraction of sp³-hybridized carbons (Fsp3) is 0.714. The van der Waals surface area contributed by atoms with Gasteiger partial charge in [0.25, 0.3) is 0 Å². The van der Waals surface area contributed by atoms with Gasteiger partial charge in [-0.1, -0.05) is 38.7 Å². The van der Waals surface area contributed by atoms with Crippen LogP contribution in [0.3, 0.4) is 0 Å². The molecule has 0 amide bonds. The van der Waals surface area contributed by atoms with Crippen molar-refractivity contribution in [2.45, 2.75) is 58.1 Å². The van der Waals surface area contributed by atoms with Crippen LogP contribution >= 0.6 is 11.3 Å². The first kappa shape index (κ1) is 14.7. The van der Waals surface area contributed by atoms with E-state index in [1.165, 1.54) is 30.6 Å². The third-order valence-electron chi connectivity index (χ3n) is 2.85. The minimum atomic E-state index is 0.0595. The quantitative estimate of drug-likeness (QED) is 0.674. The van der Waals surface area contributed by atoms with Gasteiger partial charge >= 0.3 is 0 Å². The summed E-state index contributed by atoms with van der Waals surface area (Å²) < 4.78 is 5.91. The standard InChI is InChI=1S/C14H25NOS/c1-3-4-5-6-7-10-16-14(12(2)15)13-9-8-11-17-13/h8-9,11-12,14H,3-7,10,15H2,1-2H3. The molecule has 0 aliphatic rings. The highest BCUT2D eigenvalue weighted by molar-refractivity contribution is 7.10. The normalized spacial score (nSPS) is 14.8. The summed E-state index contributed by atoms with van der Waals surface area (Å²) in [6.45, 7) is 5.08. The van der Waals surface area contributed by atoms with Crippen molar-refractivity contribution in [3.63, 3.8) is 0 Å². The third kappa shape index (κ3) is 5.66. The van der Waals surface area contributed by atoms with Crippen molar-refractivity contribution >= 4 is 11.3 Å². The van der Waals surface area contributed by atoms with Gasteiger partial charge in [0.15, 0.2) is 0 Å². The molecule has 98 valence electrons. The number of rotatable bonds is 9. The smallest absolute Gasteiger partial charge is 0.106 e. The van der Waals surface area contributed by atoms with E-state index in [1.807, 2.05) is 6.92 Å². The van der Waals surface area contributed by atoms with Gasteiger partial charge in [-0.2, -0.15) is 0 Å². The maximum atomic E-state index is 5.97. The van der Waals surface area contributed by atoms with E-state index in [2.05, 4.69) is 24.4 Å². The SMILES string of the molecule is CCCCCCCOC(c1cccs1)C(C)N. The number of hydrogen-bond donors (Lipinski definition) is 1. The van der Waals surface area contributed by atoms with Gasteiger partial charge in [-0.25, -0.2) is 0 Å². The number of thiophene rings is 1. The molecule has 1 aromatic heterocycles. The van der Waals surface area contributed by atoms with Crippen LogP contribution in [0, 0.1) is 0 Å². The lowest BCUT2D eigenvalue weighted by Gasteiger charge is -2.20. The van der Waals surface area contributed by atoms with Crippen LogP contribution in [0.4, 0.5) is 0 Å². The second-order valence-corrected chi connectivity index (χ2v) is 5.56. The van der Waals surface area contributed by atoms with Crippen molar-refractivity contribution in [3.8, 4) is 0 Å². The molecule has 0 aliphatic heterocycles. The molecule has 2 unspecified atom stereocenters. The van der Waals surface area contributed by atoms with E-state index in [9.17, 15) is 0 Å². The first-order chi connectivity index (χ1) is 8.25. The molecule has 0 radical (unpaired) electrons. The van der Waals surface area contributed by atoms with E-state index in [-0.39, 0.29) is 12.1 Å². The average Bonchev–Trinajstić information content (AvgIpc) is 2.81. The largest absolute Gasteiger partial charge is 0.371 e. The third-order valence-corrected chi connectivity index (χ3v) is 3.78. The highest BCUT2D eigenvalue weighted by Gasteiger charge is 2.17. The van der Waals surface area contributed by atoms with Crippen LogP contribution in [0.25, 0.3) is 0 Å². The first-order valence-electron chi connectivity index (χ1n) is 6.66. The topological polar surface area (TPSA) is 35.2 Å². The molecule has 1 heterocycles. The molecule has 1 rings (SSSR count). The summed E-state index contributed by atoms with van der Waals surface area (Å²) in [7, 11) is 0. The summed E-state index contributed by atoms with van der Waals surface area (Å²) >= 11 is 1.73. The van der Waals surface area contributed by atoms with Crippen LogP contribution in [0.2, 0.25) is 0 Å². The Kier molecular flexibility index (Phi) is 7.49. The Labute approximate surface area is 109 Å². The molecule has 2 nitrogen and oxygen atoms in total. The van der Waals surface area contributed by atoms with Crippen molar-refractivity contribution in [2.75, 3.05) is 6.61 Å². The van der Waals surface area contributed by atoms with Gasteiger partial charge in [-0.05, 0) is 24.8 Å². The lowest BCUT2D eigenvalue weighted by molar-refractivity contribution is 0.0382. The zero-order chi connectivity index (χ0) is 12.5. The highest BCUT2D eigenvalue weighted by atomic mass is 32.1. The molecule has 0 bridgehead atoms. The van der Waals surface area contributed by atoms with E-state index in [0.717, 1.165) is 13.0 Å². The van der Waals surface area contributed by atoms with Crippen molar-refractivity contribution < 1.29 is 4.74 Å². The molecule has 0 fully saturated rings. The lowest BCUT2D eigenvalue weighted by Crippen LogP contribution is -2.26. The maximum Gasteiger partial charge on any atom is 0.106 e. The fourth-order valence-corrected chi connectivity index (χ4v) is 2.75. The number of unbranched alkanes of at least 4 members (excludes halogenated alkanes) is 4. The minimum absolute atomic E-state index is 0.0595. The summed E-state index contributed by atoms with van der Waals surface area (Å²) in [4.78, 5) is 1.24. The Morgan fingerprint density at radius 3 is 2.65 bits per heavy atom. The molecule has 3 heteroatoms. The van der Waals surface area contributed by atoms with Crippen molar-refractivity contribution in [1.29, 1.82) is 0 Å². The Balaban J connectivity index is 2.22. The van der Waals surface area contributed by atoms with E-state index in [1.54, 1.807) is 11.3 Å². The minimum Gasteiger partial charge on any atom is -0.371 e. The number of hydrogen-bond acceptors (Lipinski definition) is 3. The Bertz CT molecular complexity index is 272. The predicted octanol–water partition coefficient (Wildman–Crippen LogP) is 4.12. The summed E-state index contributed by atoms with van der Waals surface area (Å²) in [5.74, 6) is 0. The van der Waals surface area contributed by atoms with Crippen LogP contribution in [-0.2, 0) is 4.74 Å². The maximum absolute atomic E-state index is 5.97. The Hall–Kier alpha value is -0.380. The van der Waals surface area contributed by atoms with Crippen molar-refractivity contribution in [3.05, 3.63) is 22.4 Å². The van der Waals surface area contributed by atoms with E-state index in [4.69, 9.17) is 10.5 Å². The number of nitrogens with two attached hydrogens (primary N) is 1. The van der Waals surface area contributed by atoms with Gasteiger partial charge in [0.1, 0.15) is 6.10 Å². The molecular weight excluding hydrogens is 230 g/mol. The summed E-state index contributed by atoms with van der Waals surface area (Å²) in [5.41, 5.74) is 5.97. The Morgan fingerprint density at radius 1 is 1.29 bits per heavy atom. The monoisotopic (exact) mass is 255 g/mol. The molecule has 2 atom stereocenters. The molecule has 0 aromatic carbocycles. The van der Waals surface area contributed by atoms with Gasteiger partial charge < -0.3 is 10.5 Å². The van der Waals surface area contributed by atoms with E-state index < -0.39 is 0 Å². The zero-order valence-corrected chi connectivity index (χ0v) is 11.8. The Morgan fingerprint density at radius 2 is 2.06 bits per heavy atom. The predicted molar refractivity (Wildman–Crippen MR) is 75.4 cm³/mol. The molecular formula is C14H25NOS. The van der Waals surface area contributed by atoms with Crippen LogP contribution in [0.5, 0.6) is 0 Å². The van der Waals surface area contributed by atoms with Gasteiger partial charge in [-0.15, -0.1) is 11.3 Å². The molecule has 1 aromatic rings. The zero-order valence-electron chi connectivity index (χ0n) is 11.0. The average molecular weight is 255 g/mol. The lowest BCUT2D eigenvalue weighted by atomic mass is 10.1. The second kappa shape index (κ2) is 8.67. The van der Waals surface area contributed by atoms with E-state index >= 15 is 0 Å².